The minimum atomic E-state index is -0.127. The molecule has 6 nitrogen and oxygen atoms in total. The standard InChI is InChI=1S/C15H28N4O2/c1-16-15(21)13-11-17(2)9-10-19(12-13)14(20)5-8-18-6-3-4-7-18/h13H,3-12H2,1-2H3,(H,16,21)/t13-/m0/s1. The highest BCUT2D eigenvalue weighted by Crippen LogP contribution is 2.12. The fraction of sp³-hybridized carbons (Fsp3) is 0.867. The van der Waals surface area contributed by atoms with Gasteiger partial charge in [-0.3, -0.25) is 9.59 Å². The second-order valence-electron chi connectivity index (χ2n) is 6.21. The first-order valence-electron chi connectivity index (χ1n) is 8.00. The van der Waals surface area contributed by atoms with Gasteiger partial charge in [0, 0.05) is 46.2 Å². The summed E-state index contributed by atoms with van der Waals surface area (Å²) in [4.78, 5) is 30.7. The van der Waals surface area contributed by atoms with Gasteiger partial charge in [-0.25, -0.2) is 0 Å². The highest BCUT2D eigenvalue weighted by molar-refractivity contribution is 5.81. The zero-order valence-corrected chi connectivity index (χ0v) is 13.3. The maximum absolute atomic E-state index is 12.4. The van der Waals surface area contributed by atoms with Gasteiger partial charge >= 0.3 is 0 Å². The molecule has 0 spiro atoms. The van der Waals surface area contributed by atoms with Crippen LogP contribution in [-0.4, -0.2) is 86.4 Å². The molecular formula is C15H28N4O2. The van der Waals surface area contributed by atoms with Crippen LogP contribution in [0.2, 0.25) is 0 Å². The Morgan fingerprint density at radius 3 is 2.48 bits per heavy atom. The maximum atomic E-state index is 12.4. The Morgan fingerprint density at radius 1 is 1.10 bits per heavy atom. The van der Waals surface area contributed by atoms with Gasteiger partial charge in [0.25, 0.3) is 0 Å². The molecule has 2 amide bonds. The van der Waals surface area contributed by atoms with E-state index in [-0.39, 0.29) is 17.7 Å². The molecule has 120 valence electrons. The molecule has 6 heteroatoms. The fourth-order valence-electron chi connectivity index (χ4n) is 3.19. The predicted molar refractivity (Wildman–Crippen MR) is 81.9 cm³/mol. The molecule has 2 heterocycles. The van der Waals surface area contributed by atoms with Gasteiger partial charge in [0.15, 0.2) is 0 Å². The van der Waals surface area contributed by atoms with Crippen LogP contribution >= 0.6 is 0 Å². The van der Waals surface area contributed by atoms with E-state index in [9.17, 15) is 9.59 Å². The van der Waals surface area contributed by atoms with E-state index in [0.29, 0.717) is 13.0 Å². The van der Waals surface area contributed by atoms with Crippen LogP contribution in [0.3, 0.4) is 0 Å². The summed E-state index contributed by atoms with van der Waals surface area (Å²) in [5, 5.41) is 2.71. The fourth-order valence-corrected chi connectivity index (χ4v) is 3.19. The molecular weight excluding hydrogens is 268 g/mol. The molecule has 0 saturated carbocycles. The van der Waals surface area contributed by atoms with Crippen molar-refractivity contribution < 1.29 is 9.59 Å². The Labute approximate surface area is 127 Å². The van der Waals surface area contributed by atoms with Crippen LogP contribution in [0.5, 0.6) is 0 Å². The second-order valence-corrected chi connectivity index (χ2v) is 6.21. The van der Waals surface area contributed by atoms with E-state index >= 15 is 0 Å². The number of carbonyl (C=O) groups excluding carboxylic acids is 2. The molecule has 2 aliphatic rings. The van der Waals surface area contributed by atoms with E-state index in [1.54, 1.807) is 7.05 Å². The number of carbonyl (C=O) groups is 2. The first-order valence-corrected chi connectivity index (χ1v) is 8.00. The quantitative estimate of drug-likeness (QED) is 0.768. The van der Waals surface area contributed by atoms with Crippen LogP contribution in [0.1, 0.15) is 19.3 Å². The molecule has 0 bridgehead atoms. The Balaban J connectivity index is 1.87. The first-order chi connectivity index (χ1) is 10.1. The Bertz CT molecular complexity index is 369. The van der Waals surface area contributed by atoms with Gasteiger partial charge in [-0.05, 0) is 33.0 Å². The van der Waals surface area contributed by atoms with Crippen molar-refractivity contribution >= 4 is 11.8 Å². The van der Waals surface area contributed by atoms with Crippen molar-refractivity contribution in [1.82, 2.24) is 20.0 Å². The number of likely N-dealkylation sites (tertiary alicyclic amines) is 1. The smallest absolute Gasteiger partial charge is 0.225 e. The highest BCUT2D eigenvalue weighted by atomic mass is 16.2. The summed E-state index contributed by atoms with van der Waals surface area (Å²) in [6.45, 7) is 5.92. The van der Waals surface area contributed by atoms with Gasteiger partial charge in [-0.2, -0.15) is 0 Å². The zero-order chi connectivity index (χ0) is 15.2. The van der Waals surface area contributed by atoms with Crippen LogP contribution in [0.15, 0.2) is 0 Å². The van der Waals surface area contributed by atoms with Gasteiger partial charge in [-0.15, -0.1) is 0 Å². The Kier molecular flexibility index (Phi) is 5.99. The highest BCUT2D eigenvalue weighted by Gasteiger charge is 2.28. The molecule has 0 radical (unpaired) electrons. The molecule has 0 aromatic carbocycles. The third kappa shape index (κ3) is 4.68. The number of nitrogens with zero attached hydrogens (tertiary/aromatic N) is 3. The van der Waals surface area contributed by atoms with E-state index in [2.05, 4.69) is 15.1 Å². The van der Waals surface area contributed by atoms with E-state index in [1.807, 2.05) is 11.9 Å². The predicted octanol–water partition coefficient (Wildman–Crippen LogP) is -0.391. The van der Waals surface area contributed by atoms with Crippen molar-refractivity contribution in [1.29, 1.82) is 0 Å². The molecule has 1 atom stereocenters. The second kappa shape index (κ2) is 7.75. The lowest BCUT2D eigenvalue weighted by Crippen LogP contribution is -2.42. The minimum Gasteiger partial charge on any atom is -0.359 e. The molecule has 2 fully saturated rings. The van der Waals surface area contributed by atoms with Crippen molar-refractivity contribution in [2.45, 2.75) is 19.3 Å². The van der Waals surface area contributed by atoms with Gasteiger partial charge in [0.1, 0.15) is 0 Å². The monoisotopic (exact) mass is 296 g/mol. The van der Waals surface area contributed by atoms with E-state index in [1.165, 1.54) is 12.8 Å². The lowest BCUT2D eigenvalue weighted by molar-refractivity contribution is -0.133. The topological polar surface area (TPSA) is 55.9 Å². The molecule has 0 aromatic heterocycles. The number of amides is 2. The first kappa shape index (κ1) is 16.2. The summed E-state index contributed by atoms with van der Waals surface area (Å²) in [5.74, 6) is 0.0884. The average Bonchev–Trinajstić information content (AvgIpc) is 2.92. The number of nitrogens with one attached hydrogen (secondary N) is 1. The van der Waals surface area contributed by atoms with Crippen molar-refractivity contribution in [3.63, 3.8) is 0 Å². The molecule has 2 rings (SSSR count). The van der Waals surface area contributed by atoms with Crippen molar-refractivity contribution in [3.05, 3.63) is 0 Å². The number of hydrogen-bond acceptors (Lipinski definition) is 4. The Morgan fingerprint density at radius 2 is 1.81 bits per heavy atom. The Hall–Kier alpha value is -1.14. The number of likely N-dealkylation sites (N-methyl/N-ethyl adjacent to an activating group) is 1. The van der Waals surface area contributed by atoms with Gasteiger partial charge in [0.2, 0.25) is 11.8 Å². The normalized spacial score (nSPS) is 24.9. The molecule has 0 unspecified atom stereocenters. The van der Waals surface area contributed by atoms with E-state index < -0.39 is 0 Å². The van der Waals surface area contributed by atoms with Crippen molar-refractivity contribution in [2.24, 2.45) is 5.92 Å². The van der Waals surface area contributed by atoms with Crippen LogP contribution in [0.4, 0.5) is 0 Å². The van der Waals surface area contributed by atoms with Gasteiger partial charge in [-0.1, -0.05) is 0 Å². The summed E-state index contributed by atoms with van der Waals surface area (Å²) in [7, 11) is 3.67. The third-order valence-electron chi connectivity index (χ3n) is 4.53. The summed E-state index contributed by atoms with van der Waals surface area (Å²) >= 11 is 0. The van der Waals surface area contributed by atoms with Crippen LogP contribution < -0.4 is 5.32 Å². The van der Waals surface area contributed by atoms with Crippen LogP contribution in [0, 0.1) is 5.92 Å². The van der Waals surface area contributed by atoms with Crippen LogP contribution in [0.25, 0.3) is 0 Å². The molecule has 2 aliphatic heterocycles. The van der Waals surface area contributed by atoms with Crippen LogP contribution in [-0.2, 0) is 9.59 Å². The van der Waals surface area contributed by atoms with E-state index in [0.717, 1.165) is 39.3 Å². The summed E-state index contributed by atoms with van der Waals surface area (Å²) in [6, 6.07) is 0. The molecule has 0 aromatic rings. The number of rotatable bonds is 4. The SMILES string of the molecule is CNC(=O)[C@H]1CN(C)CCN(C(=O)CCN2CCCC2)C1. The minimum absolute atomic E-state index is 0.0288. The molecule has 0 aliphatic carbocycles. The molecule has 2 saturated heterocycles. The summed E-state index contributed by atoms with van der Waals surface area (Å²) < 4.78 is 0. The van der Waals surface area contributed by atoms with Gasteiger partial charge < -0.3 is 20.0 Å². The average molecular weight is 296 g/mol. The third-order valence-corrected chi connectivity index (χ3v) is 4.53. The lowest BCUT2D eigenvalue weighted by atomic mass is 10.1. The molecule has 1 N–H and O–H groups in total. The lowest BCUT2D eigenvalue weighted by Gasteiger charge is -2.24. The zero-order valence-electron chi connectivity index (χ0n) is 13.3. The van der Waals surface area contributed by atoms with Crippen molar-refractivity contribution in [3.8, 4) is 0 Å². The van der Waals surface area contributed by atoms with E-state index in [4.69, 9.17) is 0 Å². The number of hydrogen-bond donors (Lipinski definition) is 1. The molecule has 21 heavy (non-hydrogen) atoms. The largest absolute Gasteiger partial charge is 0.359 e. The van der Waals surface area contributed by atoms with Gasteiger partial charge in [0.05, 0.1) is 5.92 Å². The summed E-state index contributed by atoms with van der Waals surface area (Å²) in [5.41, 5.74) is 0. The van der Waals surface area contributed by atoms with Crippen molar-refractivity contribution in [2.75, 3.05) is 59.9 Å². The summed E-state index contributed by atoms with van der Waals surface area (Å²) in [6.07, 6.45) is 3.08. The maximum Gasteiger partial charge on any atom is 0.225 e.